The lowest BCUT2D eigenvalue weighted by atomic mass is 10.1. The molecule has 2 rings (SSSR count). The molecule has 2 amide bonds. The fourth-order valence-electron chi connectivity index (χ4n) is 2.44. The van der Waals surface area contributed by atoms with E-state index in [9.17, 15) is 9.59 Å². The molecule has 0 radical (unpaired) electrons. The summed E-state index contributed by atoms with van der Waals surface area (Å²) in [5, 5.41) is 6.35. The number of unbranched alkanes of at least 4 members (excludes halogenated alkanes) is 2. The van der Waals surface area contributed by atoms with Crippen LogP contribution in [0.1, 0.15) is 52.5 Å². The number of hydrogen-bond acceptors (Lipinski definition) is 2. The minimum atomic E-state index is -0.258. The average Bonchev–Trinajstić information content (AvgIpc) is 2.61. The van der Waals surface area contributed by atoms with Crippen LogP contribution in [0, 0.1) is 6.92 Å². The van der Waals surface area contributed by atoms with Gasteiger partial charge >= 0.3 is 0 Å². The second kappa shape index (κ2) is 9.23. The molecule has 0 fully saturated rings. The van der Waals surface area contributed by atoms with E-state index in [1.807, 2.05) is 6.92 Å². The van der Waals surface area contributed by atoms with Gasteiger partial charge in [-0.05, 0) is 55.3 Å². The van der Waals surface area contributed by atoms with Crippen LogP contribution in [0.4, 0.5) is 5.69 Å². The van der Waals surface area contributed by atoms with Gasteiger partial charge in [0.2, 0.25) is 0 Å². The van der Waals surface area contributed by atoms with Crippen LogP contribution in [0.3, 0.4) is 0 Å². The van der Waals surface area contributed by atoms with Crippen molar-refractivity contribution in [2.45, 2.75) is 33.1 Å². The van der Waals surface area contributed by atoms with E-state index >= 15 is 0 Å². The molecule has 0 heterocycles. The van der Waals surface area contributed by atoms with E-state index in [2.05, 4.69) is 17.6 Å². The average molecular weight is 359 g/mol. The number of benzene rings is 2. The topological polar surface area (TPSA) is 58.2 Å². The zero-order chi connectivity index (χ0) is 18.2. The lowest BCUT2D eigenvalue weighted by molar-refractivity contribution is 0.0953. The predicted molar refractivity (Wildman–Crippen MR) is 102 cm³/mol. The van der Waals surface area contributed by atoms with Gasteiger partial charge in [0.15, 0.2) is 0 Å². The molecule has 0 unspecified atom stereocenters. The molecular weight excluding hydrogens is 336 g/mol. The van der Waals surface area contributed by atoms with Gasteiger partial charge in [0.25, 0.3) is 11.8 Å². The fourth-order valence-corrected chi connectivity index (χ4v) is 2.67. The molecule has 2 aromatic rings. The number of rotatable bonds is 7. The lowest BCUT2D eigenvalue weighted by Gasteiger charge is -2.10. The van der Waals surface area contributed by atoms with Crippen molar-refractivity contribution >= 4 is 29.1 Å². The quantitative estimate of drug-likeness (QED) is 0.697. The van der Waals surface area contributed by atoms with E-state index < -0.39 is 0 Å². The van der Waals surface area contributed by atoms with Crippen molar-refractivity contribution in [3.8, 4) is 0 Å². The Morgan fingerprint density at radius 1 is 1.00 bits per heavy atom. The SMILES string of the molecule is CCCCCNC(=O)c1cccc(C(=O)Nc2ccc(Cl)cc2C)c1. The van der Waals surface area contributed by atoms with Crippen molar-refractivity contribution < 1.29 is 9.59 Å². The summed E-state index contributed by atoms with van der Waals surface area (Å²) in [6.45, 7) is 4.64. The van der Waals surface area contributed by atoms with E-state index in [-0.39, 0.29) is 11.8 Å². The second-order valence-corrected chi connectivity index (χ2v) is 6.39. The van der Waals surface area contributed by atoms with Crippen molar-refractivity contribution in [3.05, 3.63) is 64.2 Å². The first-order valence-corrected chi connectivity index (χ1v) is 8.85. The highest BCUT2D eigenvalue weighted by Crippen LogP contribution is 2.20. The van der Waals surface area contributed by atoms with Crippen molar-refractivity contribution in [1.29, 1.82) is 0 Å². The lowest BCUT2D eigenvalue weighted by Crippen LogP contribution is -2.24. The van der Waals surface area contributed by atoms with Crippen molar-refractivity contribution in [2.75, 3.05) is 11.9 Å². The third kappa shape index (κ3) is 5.61. The van der Waals surface area contributed by atoms with E-state index in [0.717, 1.165) is 24.8 Å². The maximum Gasteiger partial charge on any atom is 0.255 e. The summed E-state index contributed by atoms with van der Waals surface area (Å²) in [4.78, 5) is 24.6. The number of anilines is 1. The van der Waals surface area contributed by atoms with E-state index in [4.69, 9.17) is 11.6 Å². The minimum Gasteiger partial charge on any atom is -0.352 e. The second-order valence-electron chi connectivity index (χ2n) is 5.96. The molecule has 0 aromatic heterocycles. The van der Waals surface area contributed by atoms with Crippen LogP contribution in [0.15, 0.2) is 42.5 Å². The van der Waals surface area contributed by atoms with E-state index in [1.165, 1.54) is 0 Å². The number of hydrogen-bond donors (Lipinski definition) is 2. The normalized spacial score (nSPS) is 10.4. The molecule has 2 N–H and O–H groups in total. The van der Waals surface area contributed by atoms with Gasteiger partial charge in [-0.1, -0.05) is 37.4 Å². The van der Waals surface area contributed by atoms with Gasteiger partial charge < -0.3 is 10.6 Å². The smallest absolute Gasteiger partial charge is 0.255 e. The number of nitrogens with one attached hydrogen (secondary N) is 2. The van der Waals surface area contributed by atoms with Crippen molar-refractivity contribution in [2.24, 2.45) is 0 Å². The number of carbonyl (C=O) groups is 2. The molecule has 0 aliphatic rings. The Balaban J connectivity index is 2.04. The predicted octanol–water partition coefficient (Wildman–Crippen LogP) is 4.82. The molecule has 0 aliphatic heterocycles. The summed E-state index contributed by atoms with van der Waals surface area (Å²) in [5.74, 6) is -0.417. The Morgan fingerprint density at radius 3 is 2.40 bits per heavy atom. The molecule has 2 aromatic carbocycles. The first-order valence-electron chi connectivity index (χ1n) is 8.47. The summed E-state index contributed by atoms with van der Waals surface area (Å²) in [6, 6.07) is 12.0. The molecule has 132 valence electrons. The first-order chi connectivity index (χ1) is 12.0. The molecular formula is C20H23ClN2O2. The van der Waals surface area contributed by atoms with Crippen LogP contribution in [0.25, 0.3) is 0 Å². The molecule has 0 bridgehead atoms. The summed E-state index contributed by atoms with van der Waals surface area (Å²) in [6.07, 6.45) is 3.15. The maximum atomic E-state index is 12.4. The van der Waals surface area contributed by atoms with Gasteiger partial charge in [0.05, 0.1) is 0 Å². The summed E-state index contributed by atoms with van der Waals surface area (Å²) in [5.41, 5.74) is 2.50. The Hall–Kier alpha value is -2.33. The Labute approximate surface area is 153 Å². The van der Waals surface area contributed by atoms with Crippen molar-refractivity contribution in [1.82, 2.24) is 5.32 Å². The minimum absolute atomic E-state index is 0.159. The largest absolute Gasteiger partial charge is 0.352 e. The van der Waals surface area contributed by atoms with Gasteiger partial charge in [-0.2, -0.15) is 0 Å². The Bertz CT molecular complexity index is 759. The van der Waals surface area contributed by atoms with Crippen molar-refractivity contribution in [3.63, 3.8) is 0 Å². The summed E-state index contributed by atoms with van der Waals surface area (Å²) < 4.78 is 0. The van der Waals surface area contributed by atoms with Gasteiger partial charge in [0, 0.05) is 28.4 Å². The zero-order valence-corrected chi connectivity index (χ0v) is 15.3. The van der Waals surface area contributed by atoms with Crippen LogP contribution >= 0.6 is 11.6 Å². The molecule has 0 atom stereocenters. The fraction of sp³-hybridized carbons (Fsp3) is 0.300. The molecule has 0 aliphatic carbocycles. The highest BCUT2D eigenvalue weighted by atomic mass is 35.5. The van der Waals surface area contributed by atoms with Crippen LogP contribution in [0.2, 0.25) is 5.02 Å². The molecule has 5 heteroatoms. The zero-order valence-electron chi connectivity index (χ0n) is 14.6. The number of carbonyl (C=O) groups excluding carboxylic acids is 2. The third-order valence-corrected chi connectivity index (χ3v) is 4.12. The van der Waals surface area contributed by atoms with E-state index in [1.54, 1.807) is 42.5 Å². The van der Waals surface area contributed by atoms with Gasteiger partial charge in [0.1, 0.15) is 0 Å². The van der Waals surface area contributed by atoms with Gasteiger partial charge in [-0.3, -0.25) is 9.59 Å². The molecule has 0 saturated carbocycles. The monoisotopic (exact) mass is 358 g/mol. The Morgan fingerprint density at radius 2 is 1.72 bits per heavy atom. The molecule has 4 nitrogen and oxygen atoms in total. The summed E-state index contributed by atoms with van der Waals surface area (Å²) >= 11 is 5.93. The third-order valence-electron chi connectivity index (χ3n) is 3.89. The van der Waals surface area contributed by atoms with Gasteiger partial charge in [-0.25, -0.2) is 0 Å². The highest BCUT2D eigenvalue weighted by molar-refractivity contribution is 6.30. The maximum absolute atomic E-state index is 12.4. The first kappa shape index (κ1) is 19.0. The Kier molecular flexibility index (Phi) is 7.02. The molecule has 0 saturated heterocycles. The molecule has 0 spiro atoms. The number of aryl methyl sites for hydroxylation is 1. The number of halogens is 1. The van der Waals surface area contributed by atoms with Crippen LogP contribution in [-0.4, -0.2) is 18.4 Å². The number of amides is 2. The van der Waals surface area contributed by atoms with Crippen LogP contribution in [0.5, 0.6) is 0 Å². The molecule has 25 heavy (non-hydrogen) atoms. The summed E-state index contributed by atoms with van der Waals surface area (Å²) in [7, 11) is 0. The van der Waals surface area contributed by atoms with Crippen LogP contribution < -0.4 is 10.6 Å². The van der Waals surface area contributed by atoms with Crippen LogP contribution in [-0.2, 0) is 0 Å². The van der Waals surface area contributed by atoms with E-state index in [0.29, 0.717) is 28.4 Å². The standard InChI is InChI=1S/C20H23ClN2O2/c1-3-4-5-11-22-19(24)15-7-6-8-16(13-15)20(25)23-18-10-9-17(21)12-14(18)2/h6-10,12-13H,3-5,11H2,1-2H3,(H,22,24)(H,23,25). The highest BCUT2D eigenvalue weighted by Gasteiger charge is 2.11. The van der Waals surface area contributed by atoms with Gasteiger partial charge in [-0.15, -0.1) is 0 Å².